The van der Waals surface area contributed by atoms with Crippen molar-refractivity contribution in [3.63, 3.8) is 0 Å². The lowest BCUT2D eigenvalue weighted by Crippen LogP contribution is -2.59. The smallest absolute Gasteiger partial charge is 0.408 e. The maximum atomic E-state index is 13.4. The molecule has 0 saturated carbocycles. The number of alkyl carbamates (subject to hydrolysis) is 1. The highest BCUT2D eigenvalue weighted by atomic mass is 16.6. The fourth-order valence-electron chi connectivity index (χ4n) is 4.02. The Bertz CT molecular complexity index is 1180. The first-order chi connectivity index (χ1) is 19.6. The van der Waals surface area contributed by atoms with Crippen LogP contribution in [0, 0.1) is 5.92 Å². The van der Waals surface area contributed by atoms with E-state index in [2.05, 4.69) is 16.0 Å². The Balaban J connectivity index is 2.23. The van der Waals surface area contributed by atoms with Gasteiger partial charge in [0.15, 0.2) is 0 Å². The number of carbonyl (C=O) groups is 4. The second-order valence-electron chi connectivity index (χ2n) is 11.6. The van der Waals surface area contributed by atoms with Gasteiger partial charge in [-0.15, -0.1) is 0 Å². The number of aliphatic hydroxyl groups excluding tert-OH is 1. The molecule has 2 aromatic carbocycles. The lowest BCUT2D eigenvalue weighted by atomic mass is 10.0. The topological polar surface area (TPSA) is 169 Å². The highest BCUT2D eigenvalue weighted by molar-refractivity contribution is 5.94. The van der Waals surface area contributed by atoms with Crippen molar-refractivity contribution in [2.24, 2.45) is 11.7 Å². The molecule has 0 saturated heterocycles. The van der Waals surface area contributed by atoms with Crippen molar-refractivity contribution in [2.75, 3.05) is 0 Å². The number of rotatable bonds is 14. The average Bonchev–Trinajstić information content (AvgIpc) is 2.89. The van der Waals surface area contributed by atoms with Crippen molar-refractivity contribution in [1.82, 2.24) is 16.0 Å². The normalized spacial score (nSPS) is 14.2. The number of hydrogen-bond acceptors (Lipinski definition) is 7. The van der Waals surface area contributed by atoms with E-state index >= 15 is 0 Å². The second-order valence-corrected chi connectivity index (χ2v) is 11.6. The predicted octanol–water partition coefficient (Wildman–Crippen LogP) is 2.58. The number of ether oxygens (including phenoxy) is 2. The minimum atomic E-state index is -1.36. The molecule has 0 bridgehead atoms. The fourth-order valence-corrected chi connectivity index (χ4v) is 4.02. The number of carbonyl (C=O) groups excluding carboxylic acids is 4. The van der Waals surface area contributed by atoms with Crippen LogP contribution in [0.4, 0.5) is 4.79 Å². The van der Waals surface area contributed by atoms with Crippen LogP contribution in [-0.2, 0) is 32.1 Å². The summed E-state index contributed by atoms with van der Waals surface area (Å²) in [6.07, 6.45) is -1.70. The van der Waals surface area contributed by atoms with Gasteiger partial charge in [0.2, 0.25) is 17.7 Å². The largest absolute Gasteiger partial charge is 0.489 e. The van der Waals surface area contributed by atoms with E-state index in [0.29, 0.717) is 17.9 Å². The molecular formula is C31H44N4O7. The van der Waals surface area contributed by atoms with Gasteiger partial charge in [-0.05, 0) is 63.3 Å². The summed E-state index contributed by atoms with van der Waals surface area (Å²) < 4.78 is 11.1. The van der Waals surface area contributed by atoms with Gasteiger partial charge < -0.3 is 36.3 Å². The predicted molar refractivity (Wildman–Crippen MR) is 158 cm³/mol. The molecule has 11 heteroatoms. The quantitative estimate of drug-likeness (QED) is 0.227. The number of amides is 4. The second kappa shape index (κ2) is 15.8. The molecule has 2 rings (SSSR count). The molecule has 0 aliphatic heterocycles. The highest BCUT2D eigenvalue weighted by Crippen LogP contribution is 2.16. The summed E-state index contributed by atoms with van der Waals surface area (Å²) >= 11 is 0. The van der Waals surface area contributed by atoms with Crippen molar-refractivity contribution in [3.05, 3.63) is 65.7 Å². The fraction of sp³-hybridized carbons (Fsp3) is 0.484. The van der Waals surface area contributed by atoms with Gasteiger partial charge in [-0.25, -0.2) is 4.79 Å². The third kappa shape index (κ3) is 12.2. The molecule has 42 heavy (non-hydrogen) atoms. The Morgan fingerprint density at radius 1 is 0.833 bits per heavy atom. The number of nitrogens with two attached hydrogens (primary N) is 1. The first-order valence-electron chi connectivity index (χ1n) is 14.0. The van der Waals surface area contributed by atoms with Crippen LogP contribution in [-0.4, -0.2) is 58.8 Å². The summed E-state index contributed by atoms with van der Waals surface area (Å²) in [5.41, 5.74) is 6.29. The molecule has 4 amide bonds. The first kappa shape index (κ1) is 34.1. The highest BCUT2D eigenvalue weighted by Gasteiger charge is 2.32. The molecule has 0 spiro atoms. The van der Waals surface area contributed by atoms with Crippen LogP contribution in [0.1, 0.15) is 59.1 Å². The van der Waals surface area contributed by atoms with Crippen LogP contribution in [0.3, 0.4) is 0 Å². The van der Waals surface area contributed by atoms with Gasteiger partial charge in [-0.3, -0.25) is 14.4 Å². The average molecular weight is 585 g/mol. The van der Waals surface area contributed by atoms with Crippen LogP contribution < -0.4 is 26.4 Å². The molecule has 11 nitrogen and oxygen atoms in total. The van der Waals surface area contributed by atoms with Gasteiger partial charge in [0, 0.05) is 6.42 Å². The van der Waals surface area contributed by atoms with Crippen molar-refractivity contribution < 1.29 is 33.8 Å². The van der Waals surface area contributed by atoms with E-state index in [-0.39, 0.29) is 18.8 Å². The molecule has 0 heterocycles. The molecule has 0 aromatic heterocycles. The van der Waals surface area contributed by atoms with Crippen LogP contribution >= 0.6 is 0 Å². The van der Waals surface area contributed by atoms with Gasteiger partial charge in [0.05, 0.1) is 6.10 Å². The molecule has 230 valence electrons. The van der Waals surface area contributed by atoms with Crippen LogP contribution in [0.25, 0.3) is 0 Å². The summed E-state index contributed by atoms with van der Waals surface area (Å²) in [6, 6.07) is 13.2. The van der Waals surface area contributed by atoms with E-state index in [0.717, 1.165) is 5.56 Å². The Hall–Kier alpha value is -4.12. The van der Waals surface area contributed by atoms with Gasteiger partial charge >= 0.3 is 6.09 Å². The molecule has 0 aliphatic rings. The zero-order valence-electron chi connectivity index (χ0n) is 25.2. The van der Waals surface area contributed by atoms with Gasteiger partial charge in [-0.1, -0.05) is 56.3 Å². The molecule has 0 unspecified atom stereocenters. The Labute approximate surface area is 247 Å². The minimum Gasteiger partial charge on any atom is -0.489 e. The molecule has 0 fully saturated rings. The summed E-state index contributed by atoms with van der Waals surface area (Å²) in [6.45, 7) is 10.6. The van der Waals surface area contributed by atoms with Gasteiger partial charge in [-0.2, -0.15) is 0 Å². The minimum absolute atomic E-state index is 0.0286. The monoisotopic (exact) mass is 584 g/mol. The van der Waals surface area contributed by atoms with E-state index in [1.807, 2.05) is 44.2 Å². The third-order valence-electron chi connectivity index (χ3n) is 6.05. The van der Waals surface area contributed by atoms with Crippen LogP contribution in [0.15, 0.2) is 54.6 Å². The third-order valence-corrected chi connectivity index (χ3v) is 6.05. The number of hydrogen-bond donors (Lipinski definition) is 5. The van der Waals surface area contributed by atoms with Crippen molar-refractivity contribution >= 4 is 23.8 Å². The van der Waals surface area contributed by atoms with Gasteiger partial charge in [0.25, 0.3) is 0 Å². The maximum absolute atomic E-state index is 13.4. The van der Waals surface area contributed by atoms with E-state index in [1.54, 1.807) is 45.0 Å². The zero-order valence-corrected chi connectivity index (χ0v) is 25.2. The van der Waals surface area contributed by atoms with E-state index < -0.39 is 53.6 Å². The SMILES string of the molecule is CC(C)C[C@H](NC(=O)OC(C)(C)C)C(=O)N[C@H](Cc1ccc(OCc2ccccc2)cc1)C(=O)N[C@H](C(N)=O)[C@@H](C)O. The maximum Gasteiger partial charge on any atom is 0.408 e. The summed E-state index contributed by atoms with van der Waals surface area (Å²) in [5.74, 6) is -1.61. The van der Waals surface area contributed by atoms with Crippen LogP contribution in [0.2, 0.25) is 0 Å². The number of primary amides is 1. The molecule has 6 N–H and O–H groups in total. The van der Waals surface area contributed by atoms with E-state index in [9.17, 15) is 24.3 Å². The molecule has 4 atom stereocenters. The number of aliphatic hydroxyl groups is 1. The van der Waals surface area contributed by atoms with Crippen molar-refractivity contribution in [3.8, 4) is 5.75 Å². The molecular weight excluding hydrogens is 540 g/mol. The molecule has 0 aliphatic carbocycles. The summed E-state index contributed by atoms with van der Waals surface area (Å²) in [4.78, 5) is 51.0. The zero-order chi connectivity index (χ0) is 31.4. The summed E-state index contributed by atoms with van der Waals surface area (Å²) in [5, 5.41) is 17.7. The lowest BCUT2D eigenvalue weighted by molar-refractivity contribution is -0.133. The Morgan fingerprint density at radius 3 is 1.95 bits per heavy atom. The lowest BCUT2D eigenvalue weighted by Gasteiger charge is -2.27. The van der Waals surface area contributed by atoms with E-state index in [4.69, 9.17) is 15.2 Å². The number of nitrogens with one attached hydrogen (secondary N) is 3. The first-order valence-corrected chi connectivity index (χ1v) is 14.0. The molecule has 2 aromatic rings. The van der Waals surface area contributed by atoms with Gasteiger partial charge in [0.1, 0.15) is 36.1 Å². The Kier molecular flexibility index (Phi) is 12.8. The Morgan fingerprint density at radius 2 is 1.43 bits per heavy atom. The van der Waals surface area contributed by atoms with Crippen LogP contribution in [0.5, 0.6) is 5.75 Å². The van der Waals surface area contributed by atoms with Crippen molar-refractivity contribution in [1.29, 1.82) is 0 Å². The van der Waals surface area contributed by atoms with E-state index in [1.165, 1.54) is 6.92 Å². The number of benzene rings is 2. The standard InChI is InChI=1S/C31H44N4O7/c1-19(2)16-24(34-30(40)42-31(4,5)6)28(38)33-25(29(39)35-26(20(3)36)27(32)37)17-21-12-14-23(15-13-21)41-18-22-10-8-7-9-11-22/h7-15,19-20,24-26,36H,16-18H2,1-6H3,(H2,32,37)(H,33,38)(H,34,40)(H,35,39)/t20-,24+,25-,26+/m1/s1. The van der Waals surface area contributed by atoms with Crippen molar-refractivity contribution in [2.45, 2.75) is 90.8 Å². The summed E-state index contributed by atoms with van der Waals surface area (Å²) in [7, 11) is 0. The molecule has 0 radical (unpaired) electrons.